The zero-order chi connectivity index (χ0) is 16.7. The van der Waals surface area contributed by atoms with Gasteiger partial charge in [0.1, 0.15) is 0 Å². The maximum atomic E-state index is 11.6. The van der Waals surface area contributed by atoms with Crippen LogP contribution in [0.25, 0.3) is 0 Å². The highest BCUT2D eigenvalue weighted by Crippen LogP contribution is 2.17. The Kier molecular flexibility index (Phi) is 6.41. The molecule has 0 unspecified atom stereocenters. The average molecular weight is 338 g/mol. The van der Waals surface area contributed by atoms with E-state index in [1.54, 1.807) is 7.05 Å². The lowest BCUT2D eigenvalue weighted by atomic mass is 10.1. The van der Waals surface area contributed by atoms with Gasteiger partial charge in [-0.2, -0.15) is 0 Å². The van der Waals surface area contributed by atoms with Crippen LogP contribution in [-0.4, -0.2) is 34.5 Å². The largest absolute Gasteiger partial charge is 0.354 e. The SMILES string of the molecule is CN=C(NCc1cccc(CS(=O)(=O)NC)c1)NC1CCCC1. The molecule has 0 aliphatic heterocycles. The fraction of sp³-hybridized carbons (Fsp3) is 0.562. The van der Waals surface area contributed by atoms with E-state index in [0.29, 0.717) is 12.6 Å². The topological polar surface area (TPSA) is 82.6 Å². The first kappa shape index (κ1) is 17.7. The molecule has 128 valence electrons. The molecular weight excluding hydrogens is 312 g/mol. The second kappa shape index (κ2) is 8.31. The Labute approximate surface area is 138 Å². The number of hydrogen-bond donors (Lipinski definition) is 3. The van der Waals surface area contributed by atoms with E-state index >= 15 is 0 Å². The van der Waals surface area contributed by atoms with Crippen molar-refractivity contribution >= 4 is 16.0 Å². The van der Waals surface area contributed by atoms with Crippen molar-refractivity contribution in [2.45, 2.75) is 44.0 Å². The number of aliphatic imine (C=N–C) groups is 1. The Morgan fingerprint density at radius 1 is 1.26 bits per heavy atom. The standard InChI is InChI=1S/C16H26N4O2S/c1-17-16(20-15-8-3-4-9-15)19-11-13-6-5-7-14(10-13)12-23(21,22)18-2/h5-7,10,15,18H,3-4,8-9,11-12H2,1-2H3,(H2,17,19,20). The van der Waals surface area contributed by atoms with Crippen molar-refractivity contribution in [3.63, 3.8) is 0 Å². The van der Waals surface area contributed by atoms with Gasteiger partial charge < -0.3 is 10.6 Å². The van der Waals surface area contributed by atoms with Gasteiger partial charge >= 0.3 is 0 Å². The zero-order valence-electron chi connectivity index (χ0n) is 13.8. The molecule has 0 spiro atoms. The molecule has 1 aliphatic rings. The van der Waals surface area contributed by atoms with E-state index in [4.69, 9.17) is 0 Å². The average Bonchev–Trinajstić information content (AvgIpc) is 3.04. The molecule has 1 aliphatic carbocycles. The summed E-state index contributed by atoms with van der Waals surface area (Å²) in [6, 6.07) is 8.10. The van der Waals surface area contributed by atoms with Crippen molar-refractivity contribution in [3.05, 3.63) is 35.4 Å². The molecule has 2 rings (SSSR count). The van der Waals surface area contributed by atoms with Gasteiger partial charge in [-0.1, -0.05) is 37.1 Å². The molecule has 1 aromatic carbocycles. The first-order chi connectivity index (χ1) is 11.0. The first-order valence-corrected chi connectivity index (χ1v) is 9.64. The molecule has 0 heterocycles. The number of hydrogen-bond acceptors (Lipinski definition) is 3. The van der Waals surface area contributed by atoms with Gasteiger partial charge in [0, 0.05) is 19.6 Å². The van der Waals surface area contributed by atoms with Crippen LogP contribution in [0.4, 0.5) is 0 Å². The highest BCUT2D eigenvalue weighted by molar-refractivity contribution is 7.88. The number of benzene rings is 1. The fourth-order valence-corrected chi connectivity index (χ4v) is 3.53. The summed E-state index contributed by atoms with van der Waals surface area (Å²) < 4.78 is 25.6. The molecule has 0 saturated heterocycles. The number of rotatable bonds is 6. The maximum absolute atomic E-state index is 11.6. The second-order valence-corrected chi connectivity index (χ2v) is 7.76. The highest BCUT2D eigenvalue weighted by Gasteiger charge is 2.15. The van der Waals surface area contributed by atoms with Gasteiger partial charge in [-0.05, 0) is 31.0 Å². The second-order valence-electron chi connectivity index (χ2n) is 5.83. The van der Waals surface area contributed by atoms with Crippen LogP contribution in [0, 0.1) is 0 Å². The van der Waals surface area contributed by atoms with Gasteiger partial charge in [0.15, 0.2) is 5.96 Å². The van der Waals surface area contributed by atoms with Crippen molar-refractivity contribution in [2.24, 2.45) is 4.99 Å². The summed E-state index contributed by atoms with van der Waals surface area (Å²) >= 11 is 0. The number of nitrogens with one attached hydrogen (secondary N) is 3. The lowest BCUT2D eigenvalue weighted by molar-refractivity contribution is 0.587. The first-order valence-electron chi connectivity index (χ1n) is 7.98. The molecule has 0 aromatic heterocycles. The van der Waals surface area contributed by atoms with Crippen molar-refractivity contribution in [1.82, 2.24) is 15.4 Å². The summed E-state index contributed by atoms with van der Waals surface area (Å²) in [7, 11) is -0.0534. The number of sulfonamides is 1. The molecule has 0 amide bonds. The van der Waals surface area contributed by atoms with E-state index in [2.05, 4.69) is 20.3 Å². The van der Waals surface area contributed by atoms with E-state index in [0.717, 1.165) is 17.1 Å². The summed E-state index contributed by atoms with van der Waals surface area (Å²) in [5.74, 6) is 0.789. The summed E-state index contributed by atoms with van der Waals surface area (Å²) in [4.78, 5) is 4.25. The summed E-state index contributed by atoms with van der Waals surface area (Å²) in [6.07, 6.45) is 4.93. The van der Waals surface area contributed by atoms with Crippen molar-refractivity contribution in [1.29, 1.82) is 0 Å². The van der Waals surface area contributed by atoms with E-state index in [1.807, 2.05) is 24.3 Å². The minimum atomic E-state index is -3.25. The molecule has 7 heteroatoms. The van der Waals surface area contributed by atoms with Crippen molar-refractivity contribution in [3.8, 4) is 0 Å². The molecule has 1 aromatic rings. The Bertz CT molecular complexity index is 637. The molecule has 23 heavy (non-hydrogen) atoms. The van der Waals surface area contributed by atoms with Gasteiger partial charge in [-0.15, -0.1) is 0 Å². The van der Waals surface area contributed by atoms with Crippen LogP contribution in [0.1, 0.15) is 36.8 Å². The normalized spacial score (nSPS) is 16.5. The quantitative estimate of drug-likeness (QED) is 0.540. The van der Waals surface area contributed by atoms with Crippen molar-refractivity contribution in [2.75, 3.05) is 14.1 Å². The molecule has 1 saturated carbocycles. The van der Waals surface area contributed by atoms with Gasteiger partial charge in [0.2, 0.25) is 10.0 Å². The van der Waals surface area contributed by atoms with Crippen LogP contribution >= 0.6 is 0 Å². The number of nitrogens with zero attached hydrogens (tertiary/aromatic N) is 1. The Morgan fingerprint density at radius 3 is 2.61 bits per heavy atom. The van der Waals surface area contributed by atoms with Gasteiger partial charge in [-0.3, -0.25) is 4.99 Å². The van der Waals surface area contributed by atoms with E-state index in [-0.39, 0.29) is 5.75 Å². The van der Waals surface area contributed by atoms with E-state index in [9.17, 15) is 8.42 Å². The van der Waals surface area contributed by atoms with Gasteiger partial charge in [-0.25, -0.2) is 13.1 Å². The molecule has 0 bridgehead atoms. The third-order valence-electron chi connectivity index (χ3n) is 4.04. The van der Waals surface area contributed by atoms with Crippen LogP contribution < -0.4 is 15.4 Å². The number of guanidine groups is 1. The monoisotopic (exact) mass is 338 g/mol. The van der Waals surface area contributed by atoms with Crippen LogP contribution in [0.3, 0.4) is 0 Å². The summed E-state index contributed by atoms with van der Waals surface area (Å²) in [5.41, 5.74) is 1.81. The lowest BCUT2D eigenvalue weighted by Gasteiger charge is -2.17. The van der Waals surface area contributed by atoms with Gasteiger partial charge in [0.05, 0.1) is 5.75 Å². The lowest BCUT2D eigenvalue weighted by Crippen LogP contribution is -2.41. The minimum Gasteiger partial charge on any atom is -0.354 e. The van der Waals surface area contributed by atoms with Crippen molar-refractivity contribution < 1.29 is 8.42 Å². The molecule has 0 atom stereocenters. The summed E-state index contributed by atoms with van der Waals surface area (Å²) in [6.45, 7) is 0.611. The zero-order valence-corrected chi connectivity index (χ0v) is 14.6. The Balaban J connectivity index is 1.91. The van der Waals surface area contributed by atoms with E-state index < -0.39 is 10.0 Å². The molecule has 1 fully saturated rings. The summed E-state index contributed by atoms with van der Waals surface area (Å²) in [5, 5.41) is 6.72. The van der Waals surface area contributed by atoms with Crippen LogP contribution in [0.5, 0.6) is 0 Å². The van der Waals surface area contributed by atoms with Crippen LogP contribution in [0.2, 0.25) is 0 Å². The fourth-order valence-electron chi connectivity index (χ4n) is 2.76. The molecule has 6 nitrogen and oxygen atoms in total. The third kappa shape index (κ3) is 5.84. The van der Waals surface area contributed by atoms with Crippen LogP contribution in [0.15, 0.2) is 29.3 Å². The third-order valence-corrected chi connectivity index (χ3v) is 5.37. The highest BCUT2D eigenvalue weighted by atomic mass is 32.2. The Hall–Kier alpha value is -1.60. The maximum Gasteiger partial charge on any atom is 0.215 e. The van der Waals surface area contributed by atoms with Crippen LogP contribution in [-0.2, 0) is 22.3 Å². The van der Waals surface area contributed by atoms with Gasteiger partial charge in [0.25, 0.3) is 0 Å². The molecule has 3 N–H and O–H groups in total. The Morgan fingerprint density at radius 2 is 1.96 bits per heavy atom. The molecule has 0 radical (unpaired) electrons. The van der Waals surface area contributed by atoms with E-state index in [1.165, 1.54) is 32.7 Å². The predicted octanol–water partition coefficient (Wildman–Crippen LogP) is 1.34. The minimum absolute atomic E-state index is 0.00755. The molecular formula is C16H26N4O2S. The smallest absolute Gasteiger partial charge is 0.215 e. The predicted molar refractivity (Wildman–Crippen MR) is 93.7 cm³/mol.